The highest BCUT2D eigenvalue weighted by Gasteiger charge is 2.38. The van der Waals surface area contributed by atoms with Crippen molar-refractivity contribution in [2.24, 2.45) is 7.05 Å². The fourth-order valence-electron chi connectivity index (χ4n) is 6.06. The number of hydrogen-bond donors (Lipinski definition) is 3. The summed E-state index contributed by atoms with van der Waals surface area (Å²) in [5, 5.41) is 21.5. The molecule has 18 heteroatoms. The van der Waals surface area contributed by atoms with Crippen LogP contribution in [0.2, 0.25) is 5.02 Å². The van der Waals surface area contributed by atoms with Crippen molar-refractivity contribution >= 4 is 44.3 Å². The van der Waals surface area contributed by atoms with Crippen molar-refractivity contribution in [3.63, 3.8) is 0 Å². The van der Waals surface area contributed by atoms with E-state index >= 15 is 0 Å². The normalized spacial score (nSPS) is 14.1. The highest BCUT2D eigenvalue weighted by atomic mass is 35.5. The second kappa shape index (κ2) is 14.3. The van der Waals surface area contributed by atoms with Crippen molar-refractivity contribution < 1.29 is 40.3 Å². The summed E-state index contributed by atoms with van der Waals surface area (Å²) in [5.41, 5.74) is -0.884. The Balaban J connectivity index is 1.52. The molecule has 11 nitrogen and oxygen atoms in total. The van der Waals surface area contributed by atoms with Crippen molar-refractivity contribution in [1.29, 1.82) is 0 Å². The number of aryl methyl sites for hydroxylation is 1. The van der Waals surface area contributed by atoms with Gasteiger partial charge in [0.25, 0.3) is 0 Å². The topological polar surface area (TPSA) is 144 Å². The lowest BCUT2D eigenvalue weighted by Gasteiger charge is -2.23. The third-order valence-corrected chi connectivity index (χ3v) is 9.23. The molecule has 0 saturated heterocycles. The summed E-state index contributed by atoms with van der Waals surface area (Å²) in [5.74, 6) is 2.63. The molecule has 1 unspecified atom stereocenters. The van der Waals surface area contributed by atoms with Crippen LogP contribution in [0, 0.1) is 23.5 Å². The molecule has 5 aromatic rings. The van der Waals surface area contributed by atoms with E-state index in [1.165, 1.54) is 30.7 Å². The smallest absolute Gasteiger partial charge is 0.378 e. The number of halogens is 6. The largest absolute Gasteiger partial charge is 0.435 e. The van der Waals surface area contributed by atoms with Crippen LogP contribution in [-0.4, -0.2) is 55.8 Å². The van der Waals surface area contributed by atoms with Gasteiger partial charge in [0.2, 0.25) is 15.9 Å². The molecule has 3 aromatic heterocycles. The SMILES string of the molecule is Cn1nc(NS(C)(=O)=O)c2c(Cl)ccc(-c3ccc(C#CC(C)(C)O)nc3C(Cc3cc(F)cc(F)c3)NC(=O)Cn3nc(C(F)(F)F)cc3C3CC3)c21. The number of pyridine rings is 1. The number of benzene rings is 2. The summed E-state index contributed by atoms with van der Waals surface area (Å²) < 4.78 is 99.1. The van der Waals surface area contributed by atoms with Crippen molar-refractivity contribution in [3.8, 4) is 23.0 Å². The molecule has 0 radical (unpaired) electrons. The summed E-state index contributed by atoms with van der Waals surface area (Å²) in [6, 6.07) is 8.80. The van der Waals surface area contributed by atoms with E-state index in [9.17, 15) is 40.3 Å². The fourth-order valence-corrected chi connectivity index (χ4v) is 6.79. The van der Waals surface area contributed by atoms with E-state index in [1.807, 2.05) is 0 Å². The standard InChI is InChI=1S/C36H33ClF5N7O4S/c1-35(2,51)12-11-23-7-8-24(25-9-10-26(37)31-33(25)48(3)46-34(31)47-54(4,52)53)32(43-23)27(15-19-13-21(38)16-22(39)14-19)44-30(50)18-49-28(20-5-6-20)17-29(45-49)36(40,41)42/h7-10,13-14,16-17,20,27,51H,5-6,15,18H2,1-4H3,(H,44,50)(H,46,47). The van der Waals surface area contributed by atoms with Gasteiger partial charge in [-0.2, -0.15) is 23.4 Å². The van der Waals surface area contributed by atoms with Crippen molar-refractivity contribution in [2.75, 3.05) is 11.0 Å². The molecular weight excluding hydrogens is 757 g/mol. The molecule has 3 N–H and O–H groups in total. The minimum Gasteiger partial charge on any atom is -0.378 e. The van der Waals surface area contributed by atoms with Crippen LogP contribution in [0.4, 0.5) is 27.8 Å². The van der Waals surface area contributed by atoms with Gasteiger partial charge in [-0.3, -0.25) is 18.9 Å². The number of nitrogens with one attached hydrogen (secondary N) is 2. The maximum Gasteiger partial charge on any atom is 0.435 e. The van der Waals surface area contributed by atoms with Crippen LogP contribution >= 0.6 is 11.6 Å². The van der Waals surface area contributed by atoms with Crippen LogP contribution in [0.25, 0.3) is 22.0 Å². The van der Waals surface area contributed by atoms with Crippen LogP contribution in [-0.2, 0) is 41.0 Å². The van der Waals surface area contributed by atoms with Crippen LogP contribution in [0.5, 0.6) is 0 Å². The molecule has 1 aliphatic rings. The molecular formula is C36H33ClF5N7O4S. The zero-order chi connectivity index (χ0) is 39.3. The maximum absolute atomic E-state index is 14.5. The van der Waals surface area contributed by atoms with Crippen molar-refractivity contribution in [1.82, 2.24) is 29.9 Å². The molecule has 1 fully saturated rings. The van der Waals surface area contributed by atoms with Gasteiger partial charge in [-0.05, 0) is 81.0 Å². The number of hydrogen-bond acceptors (Lipinski definition) is 7. The number of anilines is 1. The van der Waals surface area contributed by atoms with Crippen LogP contribution in [0.1, 0.15) is 67.0 Å². The van der Waals surface area contributed by atoms with E-state index in [-0.39, 0.29) is 51.2 Å². The van der Waals surface area contributed by atoms with E-state index in [0.29, 0.717) is 35.6 Å². The van der Waals surface area contributed by atoms with E-state index in [0.717, 1.165) is 29.1 Å². The summed E-state index contributed by atoms with van der Waals surface area (Å²) >= 11 is 6.57. The Morgan fingerprint density at radius 2 is 1.72 bits per heavy atom. The summed E-state index contributed by atoms with van der Waals surface area (Å²) in [6.45, 7) is 2.30. The van der Waals surface area contributed by atoms with Gasteiger partial charge in [-0.15, -0.1) is 0 Å². The fraction of sp³-hybridized carbons (Fsp3) is 0.333. The highest BCUT2D eigenvalue weighted by Crippen LogP contribution is 2.43. The average molecular weight is 790 g/mol. The Bertz CT molecular complexity index is 2440. The van der Waals surface area contributed by atoms with Gasteiger partial charge in [-0.1, -0.05) is 23.6 Å². The number of carbonyl (C=O) groups excluding carboxylic acids is 1. The lowest BCUT2D eigenvalue weighted by atomic mass is 9.93. The number of nitrogens with zero attached hydrogens (tertiary/aromatic N) is 5. The molecule has 1 amide bonds. The van der Waals surface area contributed by atoms with Gasteiger partial charge >= 0.3 is 6.18 Å². The second-order valence-electron chi connectivity index (χ2n) is 13.6. The molecule has 1 atom stereocenters. The van der Waals surface area contributed by atoms with E-state index in [1.54, 1.807) is 19.2 Å². The molecule has 3 heterocycles. The molecule has 1 saturated carbocycles. The minimum atomic E-state index is -4.74. The molecule has 54 heavy (non-hydrogen) atoms. The molecule has 0 bridgehead atoms. The lowest BCUT2D eigenvalue weighted by molar-refractivity contribution is -0.141. The number of amides is 1. The number of carbonyl (C=O) groups is 1. The van der Waals surface area contributed by atoms with Crippen LogP contribution in [0.3, 0.4) is 0 Å². The van der Waals surface area contributed by atoms with Crippen molar-refractivity contribution in [2.45, 2.75) is 63.4 Å². The molecule has 0 aliphatic heterocycles. The molecule has 2 aromatic carbocycles. The van der Waals surface area contributed by atoms with E-state index < -0.39 is 57.6 Å². The Labute approximate surface area is 311 Å². The average Bonchev–Trinajstić information content (AvgIpc) is 3.71. The first kappa shape index (κ1) is 38.7. The zero-order valence-electron chi connectivity index (χ0n) is 29.2. The van der Waals surface area contributed by atoms with Gasteiger partial charge in [0.1, 0.15) is 29.5 Å². The maximum atomic E-state index is 14.5. The number of alkyl halides is 3. The highest BCUT2D eigenvalue weighted by molar-refractivity contribution is 7.92. The lowest BCUT2D eigenvalue weighted by Crippen LogP contribution is -2.34. The number of sulfonamides is 1. The van der Waals surface area contributed by atoms with Crippen LogP contribution < -0.4 is 10.0 Å². The number of rotatable bonds is 10. The van der Waals surface area contributed by atoms with E-state index in [2.05, 4.69) is 32.1 Å². The molecule has 6 rings (SSSR count). The Morgan fingerprint density at radius 1 is 1.06 bits per heavy atom. The third-order valence-electron chi connectivity index (χ3n) is 8.35. The number of aliphatic hydroxyl groups is 1. The number of aromatic nitrogens is 5. The third kappa shape index (κ3) is 9.00. The summed E-state index contributed by atoms with van der Waals surface area (Å²) in [6.07, 6.45) is -2.78. The van der Waals surface area contributed by atoms with Crippen LogP contribution in [0.15, 0.2) is 48.5 Å². The Kier molecular flexibility index (Phi) is 10.2. The quantitative estimate of drug-likeness (QED) is 0.112. The first-order chi connectivity index (χ1) is 25.1. The molecule has 1 aliphatic carbocycles. The summed E-state index contributed by atoms with van der Waals surface area (Å²) in [7, 11) is -2.25. The summed E-state index contributed by atoms with van der Waals surface area (Å²) in [4.78, 5) is 18.6. The molecule has 0 spiro atoms. The predicted molar refractivity (Wildman–Crippen MR) is 191 cm³/mol. The second-order valence-corrected chi connectivity index (χ2v) is 15.7. The van der Waals surface area contributed by atoms with Gasteiger partial charge in [-0.25, -0.2) is 22.2 Å². The van der Waals surface area contributed by atoms with Crippen molar-refractivity contribution in [3.05, 3.63) is 93.5 Å². The van der Waals surface area contributed by atoms with Gasteiger partial charge in [0.05, 0.1) is 33.9 Å². The minimum absolute atomic E-state index is 0.0620. The van der Waals surface area contributed by atoms with Gasteiger partial charge in [0.15, 0.2) is 11.5 Å². The zero-order valence-corrected chi connectivity index (χ0v) is 30.8. The predicted octanol–water partition coefficient (Wildman–Crippen LogP) is 6.25. The van der Waals surface area contributed by atoms with Gasteiger partial charge < -0.3 is 10.4 Å². The Hall–Kier alpha value is -5.05. The van der Waals surface area contributed by atoms with Gasteiger partial charge in [0, 0.05) is 35.9 Å². The first-order valence-corrected chi connectivity index (χ1v) is 18.7. The first-order valence-electron chi connectivity index (χ1n) is 16.4. The Morgan fingerprint density at radius 3 is 2.33 bits per heavy atom. The monoisotopic (exact) mass is 789 g/mol. The number of fused-ring (bicyclic) bond motifs is 1. The molecule has 284 valence electrons. The van der Waals surface area contributed by atoms with E-state index in [4.69, 9.17) is 16.6 Å².